The van der Waals surface area contributed by atoms with E-state index in [0.717, 1.165) is 18.4 Å². The number of hydrogen-bond donors (Lipinski definition) is 0. The Morgan fingerprint density at radius 1 is 1.27 bits per heavy atom. The lowest BCUT2D eigenvalue weighted by Crippen LogP contribution is -2.08. The minimum Gasteiger partial charge on any atom is -0.224 e. The van der Waals surface area contributed by atoms with Gasteiger partial charge in [0.1, 0.15) is 0 Å². The molecule has 0 unspecified atom stereocenters. The molecule has 0 bridgehead atoms. The summed E-state index contributed by atoms with van der Waals surface area (Å²) in [6, 6.07) is 6.89. The summed E-state index contributed by atoms with van der Waals surface area (Å²) < 4.78 is 23.7. The van der Waals surface area contributed by atoms with Gasteiger partial charge in [0.2, 0.25) is 0 Å². The van der Waals surface area contributed by atoms with Crippen molar-refractivity contribution in [2.24, 2.45) is 5.92 Å². The van der Waals surface area contributed by atoms with E-state index in [1.54, 1.807) is 30.3 Å². The van der Waals surface area contributed by atoms with E-state index < -0.39 is 9.84 Å². The highest BCUT2D eigenvalue weighted by Crippen LogP contribution is 2.32. The van der Waals surface area contributed by atoms with Crippen LogP contribution in [0.2, 0.25) is 0 Å². The van der Waals surface area contributed by atoms with Gasteiger partial charge < -0.3 is 0 Å². The summed E-state index contributed by atoms with van der Waals surface area (Å²) in [7, 11) is -3.06. The lowest BCUT2D eigenvalue weighted by molar-refractivity contribution is 0.592. The first-order valence-electron chi connectivity index (χ1n) is 5.07. The van der Waals surface area contributed by atoms with Gasteiger partial charge in [0.05, 0.1) is 10.6 Å². The van der Waals surface area contributed by atoms with Gasteiger partial charge >= 0.3 is 0 Å². The summed E-state index contributed by atoms with van der Waals surface area (Å²) in [5.41, 5.74) is 0.945. The van der Waals surface area contributed by atoms with Crippen LogP contribution in [0.25, 0.3) is 6.08 Å². The predicted octanol–water partition coefficient (Wildman–Crippen LogP) is 2.51. The van der Waals surface area contributed by atoms with E-state index in [1.165, 1.54) is 0 Å². The largest absolute Gasteiger partial charge is 0.224 e. The number of rotatable bonds is 4. The molecule has 15 heavy (non-hydrogen) atoms. The molecule has 0 spiro atoms. The van der Waals surface area contributed by atoms with Crippen LogP contribution in [0.3, 0.4) is 0 Å². The fraction of sp³-hybridized carbons (Fsp3) is 0.333. The molecule has 0 saturated heterocycles. The molecule has 0 heterocycles. The zero-order valence-corrected chi connectivity index (χ0v) is 9.33. The molecule has 0 atom stereocenters. The molecule has 0 aromatic heterocycles. The Balaban J connectivity index is 2.23. The van der Waals surface area contributed by atoms with E-state index in [4.69, 9.17) is 0 Å². The minimum absolute atomic E-state index is 0.306. The monoisotopic (exact) mass is 222 g/mol. The third kappa shape index (κ3) is 2.48. The fourth-order valence-electron chi connectivity index (χ4n) is 1.50. The molecule has 0 N–H and O–H groups in total. The van der Waals surface area contributed by atoms with Crippen molar-refractivity contribution in [3.63, 3.8) is 0 Å². The van der Waals surface area contributed by atoms with Crippen molar-refractivity contribution in [3.05, 3.63) is 36.4 Å². The molecular formula is C12H14O2S. The van der Waals surface area contributed by atoms with Gasteiger partial charge in [-0.15, -0.1) is 0 Å². The molecule has 1 aliphatic rings. The molecule has 1 aromatic rings. The van der Waals surface area contributed by atoms with Crippen molar-refractivity contribution in [2.45, 2.75) is 17.7 Å². The zero-order valence-electron chi connectivity index (χ0n) is 8.52. The Morgan fingerprint density at radius 2 is 1.87 bits per heavy atom. The van der Waals surface area contributed by atoms with Gasteiger partial charge in [-0.05, 0) is 36.5 Å². The van der Waals surface area contributed by atoms with Gasteiger partial charge in [-0.1, -0.05) is 24.8 Å². The van der Waals surface area contributed by atoms with Crippen LogP contribution in [0.4, 0.5) is 0 Å². The molecule has 2 nitrogen and oxygen atoms in total. The van der Waals surface area contributed by atoms with Crippen LogP contribution in [0.5, 0.6) is 0 Å². The second-order valence-electron chi connectivity index (χ2n) is 4.00. The standard InChI is InChI=1S/C12H14O2S/c1-2-10-5-7-12(8-6-10)15(13,14)9-11-3-4-11/h2,5-8,11H,1,3-4,9H2. The summed E-state index contributed by atoms with van der Waals surface area (Å²) >= 11 is 0. The van der Waals surface area contributed by atoms with Crippen molar-refractivity contribution < 1.29 is 8.42 Å². The van der Waals surface area contributed by atoms with E-state index >= 15 is 0 Å². The molecule has 1 aliphatic carbocycles. The van der Waals surface area contributed by atoms with Crippen LogP contribution < -0.4 is 0 Å². The maximum absolute atomic E-state index is 11.9. The van der Waals surface area contributed by atoms with Crippen LogP contribution >= 0.6 is 0 Å². The summed E-state index contributed by atoms with van der Waals surface area (Å²) in [5.74, 6) is 0.703. The molecule has 1 fully saturated rings. The maximum atomic E-state index is 11.9. The van der Waals surface area contributed by atoms with Crippen molar-refractivity contribution in [1.82, 2.24) is 0 Å². The molecule has 80 valence electrons. The number of benzene rings is 1. The van der Waals surface area contributed by atoms with Gasteiger partial charge in [0, 0.05) is 0 Å². The van der Waals surface area contributed by atoms with Crippen LogP contribution in [0, 0.1) is 5.92 Å². The normalized spacial score (nSPS) is 16.3. The summed E-state index contributed by atoms with van der Waals surface area (Å²) in [4.78, 5) is 0.431. The van der Waals surface area contributed by atoms with E-state index in [9.17, 15) is 8.42 Å². The molecule has 0 radical (unpaired) electrons. The predicted molar refractivity (Wildman–Crippen MR) is 61.3 cm³/mol. The molecule has 1 saturated carbocycles. The first-order valence-corrected chi connectivity index (χ1v) is 6.72. The third-order valence-electron chi connectivity index (χ3n) is 2.63. The van der Waals surface area contributed by atoms with E-state index in [1.807, 2.05) is 0 Å². The van der Waals surface area contributed by atoms with Crippen molar-refractivity contribution >= 4 is 15.9 Å². The van der Waals surface area contributed by atoms with E-state index in [-0.39, 0.29) is 0 Å². The highest BCUT2D eigenvalue weighted by Gasteiger charge is 2.28. The van der Waals surface area contributed by atoms with Crippen LogP contribution in [0.15, 0.2) is 35.7 Å². The highest BCUT2D eigenvalue weighted by atomic mass is 32.2. The lowest BCUT2D eigenvalue weighted by atomic mass is 10.2. The van der Waals surface area contributed by atoms with Crippen LogP contribution in [0.1, 0.15) is 18.4 Å². The Morgan fingerprint density at radius 3 is 2.33 bits per heavy atom. The number of sulfone groups is 1. The number of hydrogen-bond acceptors (Lipinski definition) is 2. The average Bonchev–Trinajstić information content (AvgIpc) is 3.01. The Hall–Kier alpha value is -1.09. The quantitative estimate of drug-likeness (QED) is 0.784. The minimum atomic E-state index is -3.06. The second-order valence-corrected chi connectivity index (χ2v) is 6.03. The van der Waals surface area contributed by atoms with Crippen molar-refractivity contribution in [1.29, 1.82) is 0 Å². The fourth-order valence-corrected chi connectivity index (χ4v) is 3.20. The molecule has 0 aliphatic heterocycles. The van der Waals surface area contributed by atoms with Crippen molar-refractivity contribution in [3.8, 4) is 0 Å². The summed E-state index contributed by atoms with van der Waals surface area (Å²) in [5, 5.41) is 0. The topological polar surface area (TPSA) is 34.1 Å². The smallest absolute Gasteiger partial charge is 0.178 e. The molecule has 0 amide bonds. The van der Waals surface area contributed by atoms with Gasteiger partial charge in [-0.2, -0.15) is 0 Å². The van der Waals surface area contributed by atoms with Crippen LogP contribution in [-0.2, 0) is 9.84 Å². The lowest BCUT2D eigenvalue weighted by Gasteiger charge is -2.03. The third-order valence-corrected chi connectivity index (χ3v) is 4.53. The average molecular weight is 222 g/mol. The highest BCUT2D eigenvalue weighted by molar-refractivity contribution is 7.91. The first-order chi connectivity index (χ1) is 7.12. The first kappa shape index (κ1) is 10.4. The molecule has 2 rings (SSSR count). The Kier molecular flexibility index (Phi) is 2.65. The SMILES string of the molecule is C=Cc1ccc(S(=O)(=O)CC2CC2)cc1. The zero-order chi connectivity index (χ0) is 10.9. The van der Waals surface area contributed by atoms with E-state index in [2.05, 4.69) is 6.58 Å². The van der Waals surface area contributed by atoms with E-state index in [0.29, 0.717) is 16.6 Å². The Labute approximate surface area is 90.6 Å². The van der Waals surface area contributed by atoms with Gasteiger partial charge in [-0.25, -0.2) is 8.42 Å². The van der Waals surface area contributed by atoms with Crippen molar-refractivity contribution in [2.75, 3.05) is 5.75 Å². The summed E-state index contributed by atoms with van der Waals surface area (Å²) in [6.07, 6.45) is 3.82. The maximum Gasteiger partial charge on any atom is 0.178 e. The van der Waals surface area contributed by atoms with Crippen LogP contribution in [-0.4, -0.2) is 14.2 Å². The summed E-state index contributed by atoms with van der Waals surface area (Å²) in [6.45, 7) is 3.63. The second kappa shape index (κ2) is 3.81. The molecular weight excluding hydrogens is 208 g/mol. The van der Waals surface area contributed by atoms with Gasteiger partial charge in [0.15, 0.2) is 9.84 Å². The Bertz CT molecular complexity index is 453. The molecule has 3 heteroatoms. The van der Waals surface area contributed by atoms with Gasteiger partial charge in [-0.3, -0.25) is 0 Å². The van der Waals surface area contributed by atoms with Gasteiger partial charge in [0.25, 0.3) is 0 Å². The molecule has 1 aromatic carbocycles.